The Morgan fingerprint density at radius 2 is 1.40 bits per heavy atom. The van der Waals surface area contributed by atoms with Crippen LogP contribution in [-0.2, 0) is 26.2 Å². The number of rotatable bonds is 12. The summed E-state index contributed by atoms with van der Waals surface area (Å²) in [6.07, 6.45) is 0.357. The van der Waals surface area contributed by atoms with Crippen molar-refractivity contribution in [2.24, 2.45) is 0 Å². The van der Waals surface area contributed by atoms with Crippen molar-refractivity contribution in [3.05, 3.63) is 89.5 Å². The van der Waals surface area contributed by atoms with Crippen LogP contribution >= 0.6 is 0 Å². The molecule has 0 bridgehead atoms. The van der Waals surface area contributed by atoms with Gasteiger partial charge >= 0.3 is 0 Å². The van der Waals surface area contributed by atoms with Crippen LogP contribution in [0, 0.1) is 13.8 Å². The molecule has 0 fully saturated rings. The lowest BCUT2D eigenvalue weighted by Gasteiger charge is -2.34. The second-order valence-corrected chi connectivity index (χ2v) is 13.3. The van der Waals surface area contributed by atoms with Crippen LogP contribution in [0.4, 0.5) is 5.69 Å². The molecule has 42 heavy (non-hydrogen) atoms. The second-order valence-electron chi connectivity index (χ2n) is 11.4. The molecule has 0 aromatic heterocycles. The Balaban J connectivity index is 2.05. The fourth-order valence-corrected chi connectivity index (χ4v) is 5.92. The van der Waals surface area contributed by atoms with E-state index in [0.717, 1.165) is 21.0 Å². The van der Waals surface area contributed by atoms with Gasteiger partial charge in [-0.25, -0.2) is 8.42 Å². The first-order chi connectivity index (χ1) is 19.7. The first-order valence-corrected chi connectivity index (χ1v) is 15.7. The zero-order chi connectivity index (χ0) is 31.1. The van der Waals surface area contributed by atoms with Crippen LogP contribution in [0.1, 0.15) is 57.7 Å². The van der Waals surface area contributed by atoms with Gasteiger partial charge in [-0.3, -0.25) is 13.9 Å². The van der Waals surface area contributed by atoms with Crippen molar-refractivity contribution in [2.45, 2.75) is 77.9 Å². The highest BCUT2D eigenvalue weighted by Gasteiger charge is 2.34. The number of sulfonamides is 1. The zero-order valence-electron chi connectivity index (χ0n) is 25.7. The van der Waals surface area contributed by atoms with Crippen LogP contribution in [-0.4, -0.2) is 49.9 Å². The summed E-state index contributed by atoms with van der Waals surface area (Å²) >= 11 is 0. The van der Waals surface area contributed by atoms with Gasteiger partial charge in [-0.1, -0.05) is 54.4 Å². The Bertz CT molecular complexity index is 1450. The van der Waals surface area contributed by atoms with Gasteiger partial charge in [0.25, 0.3) is 10.0 Å². The van der Waals surface area contributed by atoms with E-state index in [-0.39, 0.29) is 17.3 Å². The van der Waals surface area contributed by atoms with Crippen LogP contribution in [0.5, 0.6) is 5.75 Å². The van der Waals surface area contributed by atoms with Crippen molar-refractivity contribution in [3.8, 4) is 5.75 Å². The van der Waals surface area contributed by atoms with Crippen molar-refractivity contribution in [1.29, 1.82) is 0 Å². The Hall–Kier alpha value is -3.85. The van der Waals surface area contributed by atoms with Crippen molar-refractivity contribution in [1.82, 2.24) is 10.2 Å². The van der Waals surface area contributed by atoms with Crippen molar-refractivity contribution in [2.75, 3.05) is 17.5 Å². The number of carbonyl (C=O) groups is 2. The van der Waals surface area contributed by atoms with Crippen LogP contribution in [0.15, 0.2) is 77.7 Å². The summed E-state index contributed by atoms with van der Waals surface area (Å²) in [6, 6.07) is 20.0. The molecule has 3 aromatic rings. The number of amides is 2. The third-order valence-corrected chi connectivity index (χ3v) is 8.47. The van der Waals surface area contributed by atoms with Crippen LogP contribution in [0.2, 0.25) is 0 Å². The number of anilines is 1. The van der Waals surface area contributed by atoms with Gasteiger partial charge in [0, 0.05) is 12.1 Å². The molecule has 0 heterocycles. The minimum atomic E-state index is -4.16. The summed E-state index contributed by atoms with van der Waals surface area (Å²) in [5.74, 6) is -0.224. The summed E-state index contributed by atoms with van der Waals surface area (Å²) in [5, 5.41) is 2.99. The lowest BCUT2D eigenvalue weighted by molar-refractivity contribution is -0.141. The van der Waals surface area contributed by atoms with Crippen LogP contribution in [0.3, 0.4) is 0 Å². The van der Waals surface area contributed by atoms with Crippen LogP contribution < -0.4 is 14.4 Å². The van der Waals surface area contributed by atoms with Crippen molar-refractivity contribution < 1.29 is 22.7 Å². The van der Waals surface area contributed by atoms with Gasteiger partial charge in [-0.15, -0.1) is 0 Å². The van der Waals surface area contributed by atoms with Gasteiger partial charge < -0.3 is 15.0 Å². The summed E-state index contributed by atoms with van der Waals surface area (Å²) < 4.78 is 34.7. The smallest absolute Gasteiger partial charge is 0.264 e. The highest BCUT2D eigenvalue weighted by Crippen LogP contribution is 2.27. The Kier molecular flexibility index (Phi) is 10.8. The van der Waals surface area contributed by atoms with Crippen LogP contribution in [0.25, 0.3) is 0 Å². The molecule has 0 saturated carbocycles. The molecule has 8 nitrogen and oxygen atoms in total. The third-order valence-electron chi connectivity index (χ3n) is 6.68. The maximum atomic E-state index is 14.2. The Labute approximate surface area is 250 Å². The predicted octanol–water partition coefficient (Wildman–Crippen LogP) is 5.62. The molecule has 9 heteroatoms. The van der Waals surface area contributed by atoms with Gasteiger partial charge in [-0.2, -0.15) is 0 Å². The van der Waals surface area contributed by atoms with Crippen molar-refractivity contribution in [3.63, 3.8) is 0 Å². The molecule has 1 N–H and O–H groups in total. The van der Waals surface area contributed by atoms with E-state index in [4.69, 9.17) is 4.74 Å². The normalized spacial score (nSPS) is 12.4. The van der Waals surface area contributed by atoms with E-state index < -0.39 is 34.1 Å². The highest BCUT2D eigenvalue weighted by atomic mass is 32.2. The standard InChI is InChI=1S/C33H43N3O5S/c1-8-30(32(38)34-33(5,6)7)35(22-26-14-10-24(3)11-15-26)31(37)23-36(27-16-12-25(4)13-17-27)42(39,40)29-20-18-28(19-21-29)41-9-2/h10-21,30H,8-9,22-23H2,1-7H3,(H,34,38). The molecular formula is C33H43N3O5S. The molecule has 0 spiro atoms. The molecule has 226 valence electrons. The van der Waals surface area contributed by atoms with Gasteiger partial charge in [0.1, 0.15) is 18.3 Å². The molecule has 3 rings (SSSR count). The molecule has 3 aromatic carbocycles. The molecule has 0 saturated heterocycles. The molecule has 0 aliphatic heterocycles. The number of hydrogen-bond acceptors (Lipinski definition) is 5. The number of aryl methyl sites for hydroxylation is 2. The summed E-state index contributed by atoms with van der Waals surface area (Å²) in [6.45, 7) is 13.3. The Morgan fingerprint density at radius 1 is 0.857 bits per heavy atom. The summed E-state index contributed by atoms with van der Waals surface area (Å²) in [7, 11) is -4.16. The topological polar surface area (TPSA) is 96.0 Å². The predicted molar refractivity (Wildman–Crippen MR) is 167 cm³/mol. The first kappa shape index (κ1) is 32.7. The van der Waals surface area contributed by atoms with E-state index in [2.05, 4.69) is 5.32 Å². The third kappa shape index (κ3) is 8.58. The molecule has 1 atom stereocenters. The zero-order valence-corrected chi connectivity index (χ0v) is 26.5. The van der Waals surface area contributed by atoms with Gasteiger partial charge in [0.05, 0.1) is 17.2 Å². The summed E-state index contributed by atoms with van der Waals surface area (Å²) in [5.41, 5.74) is 2.71. The monoisotopic (exact) mass is 593 g/mol. The molecule has 1 unspecified atom stereocenters. The molecule has 0 aliphatic rings. The fraction of sp³-hybridized carbons (Fsp3) is 0.394. The van der Waals surface area contributed by atoms with E-state index in [1.165, 1.54) is 17.0 Å². The van der Waals surface area contributed by atoms with E-state index >= 15 is 0 Å². The number of nitrogens with zero attached hydrogens (tertiary/aromatic N) is 2. The maximum absolute atomic E-state index is 14.2. The van der Waals surface area contributed by atoms with Crippen molar-refractivity contribution >= 4 is 27.5 Å². The largest absolute Gasteiger partial charge is 0.494 e. The lowest BCUT2D eigenvalue weighted by atomic mass is 10.1. The highest BCUT2D eigenvalue weighted by molar-refractivity contribution is 7.92. The lowest BCUT2D eigenvalue weighted by Crippen LogP contribution is -2.55. The van der Waals surface area contributed by atoms with Gasteiger partial charge in [0.2, 0.25) is 11.8 Å². The van der Waals surface area contributed by atoms with E-state index in [1.807, 2.05) is 72.7 Å². The number of nitrogens with one attached hydrogen (secondary N) is 1. The number of carbonyl (C=O) groups excluding carboxylic acids is 2. The average Bonchev–Trinajstić information content (AvgIpc) is 2.92. The molecule has 0 aliphatic carbocycles. The SMILES string of the molecule is CCOc1ccc(S(=O)(=O)N(CC(=O)N(Cc2ccc(C)cc2)C(CC)C(=O)NC(C)(C)C)c2ccc(C)cc2)cc1. The maximum Gasteiger partial charge on any atom is 0.264 e. The van der Waals surface area contributed by atoms with Gasteiger partial charge in [-0.05, 0) is 89.9 Å². The second kappa shape index (κ2) is 13.9. The number of benzene rings is 3. The fourth-order valence-electron chi connectivity index (χ4n) is 4.50. The average molecular weight is 594 g/mol. The van der Waals surface area contributed by atoms with Gasteiger partial charge in [0.15, 0.2) is 0 Å². The molecule has 2 amide bonds. The summed E-state index contributed by atoms with van der Waals surface area (Å²) in [4.78, 5) is 29.1. The molecular weight excluding hydrogens is 550 g/mol. The van der Waals surface area contributed by atoms with E-state index in [0.29, 0.717) is 24.5 Å². The first-order valence-electron chi connectivity index (χ1n) is 14.2. The molecule has 0 radical (unpaired) electrons. The number of hydrogen-bond donors (Lipinski definition) is 1. The minimum Gasteiger partial charge on any atom is -0.494 e. The van der Waals surface area contributed by atoms with E-state index in [1.54, 1.807) is 36.4 Å². The number of ether oxygens (including phenoxy) is 1. The minimum absolute atomic E-state index is 0.0296. The Morgan fingerprint density at radius 3 is 1.90 bits per heavy atom. The quantitative estimate of drug-likeness (QED) is 0.294. The van der Waals surface area contributed by atoms with E-state index in [9.17, 15) is 18.0 Å².